The largest absolute Gasteiger partial charge is 0.480 e. The lowest BCUT2D eigenvalue weighted by Crippen LogP contribution is -2.43. The maximum atomic E-state index is 11.3. The molecule has 0 saturated heterocycles. The molecule has 1 aromatic heterocycles. The van der Waals surface area contributed by atoms with Gasteiger partial charge in [-0.05, 0) is 30.2 Å². The van der Waals surface area contributed by atoms with E-state index < -0.39 is 5.97 Å². The van der Waals surface area contributed by atoms with Crippen LogP contribution in [0.3, 0.4) is 0 Å². The average molecular weight is 253 g/mol. The highest BCUT2D eigenvalue weighted by molar-refractivity contribution is 7.09. The van der Waals surface area contributed by atoms with E-state index in [1.807, 2.05) is 17.5 Å². The molecule has 2 N–H and O–H groups in total. The number of nitrogens with one attached hydrogen (secondary N) is 1. The van der Waals surface area contributed by atoms with Gasteiger partial charge in [-0.2, -0.15) is 0 Å². The first-order valence-corrected chi connectivity index (χ1v) is 7.14. The van der Waals surface area contributed by atoms with Crippen molar-refractivity contribution in [2.75, 3.05) is 0 Å². The van der Waals surface area contributed by atoms with Gasteiger partial charge in [-0.25, -0.2) is 0 Å². The van der Waals surface area contributed by atoms with Crippen molar-refractivity contribution in [3.63, 3.8) is 0 Å². The third-order valence-electron chi connectivity index (χ3n) is 3.46. The van der Waals surface area contributed by atoms with Crippen LogP contribution in [-0.4, -0.2) is 17.1 Å². The standard InChI is InChI=1S/C13H19NO2S/c15-13(16)12(10-5-2-1-3-6-10)14-9-11-7-4-8-17-11/h4,7-8,10,12,14H,1-3,5-6,9H2,(H,15,16). The van der Waals surface area contributed by atoms with Gasteiger partial charge in [-0.15, -0.1) is 11.3 Å². The van der Waals surface area contributed by atoms with Gasteiger partial charge in [0.2, 0.25) is 0 Å². The topological polar surface area (TPSA) is 49.3 Å². The fraction of sp³-hybridized carbons (Fsp3) is 0.615. The molecule has 17 heavy (non-hydrogen) atoms. The van der Waals surface area contributed by atoms with Crippen molar-refractivity contribution >= 4 is 17.3 Å². The molecule has 0 aliphatic heterocycles. The molecule has 1 aromatic rings. The molecule has 1 aliphatic rings. The summed E-state index contributed by atoms with van der Waals surface area (Å²) in [4.78, 5) is 12.5. The molecule has 1 unspecified atom stereocenters. The molecule has 0 amide bonds. The van der Waals surface area contributed by atoms with E-state index in [4.69, 9.17) is 0 Å². The van der Waals surface area contributed by atoms with E-state index in [0.717, 1.165) is 12.8 Å². The Morgan fingerprint density at radius 2 is 2.24 bits per heavy atom. The Bertz CT molecular complexity index is 344. The van der Waals surface area contributed by atoms with Gasteiger partial charge in [0.25, 0.3) is 0 Å². The van der Waals surface area contributed by atoms with Gasteiger partial charge in [0.15, 0.2) is 0 Å². The summed E-state index contributed by atoms with van der Waals surface area (Å²) < 4.78 is 0. The first kappa shape index (κ1) is 12.6. The van der Waals surface area contributed by atoms with Crippen LogP contribution < -0.4 is 5.32 Å². The monoisotopic (exact) mass is 253 g/mol. The second kappa shape index (κ2) is 6.17. The maximum Gasteiger partial charge on any atom is 0.320 e. The summed E-state index contributed by atoms with van der Waals surface area (Å²) in [5.41, 5.74) is 0. The normalized spacial score (nSPS) is 19.1. The van der Waals surface area contributed by atoms with Crippen LogP contribution in [0.15, 0.2) is 17.5 Å². The highest BCUT2D eigenvalue weighted by Gasteiger charge is 2.28. The Balaban J connectivity index is 1.90. The predicted octanol–water partition coefficient (Wildman–Crippen LogP) is 2.87. The number of hydrogen-bond donors (Lipinski definition) is 2. The van der Waals surface area contributed by atoms with Crippen LogP contribution in [0.1, 0.15) is 37.0 Å². The summed E-state index contributed by atoms with van der Waals surface area (Å²) in [6.45, 7) is 0.672. The van der Waals surface area contributed by atoms with Crippen LogP contribution in [0.25, 0.3) is 0 Å². The van der Waals surface area contributed by atoms with Gasteiger partial charge in [0.05, 0.1) is 0 Å². The molecular formula is C13H19NO2S. The maximum absolute atomic E-state index is 11.3. The van der Waals surface area contributed by atoms with Gasteiger partial charge in [-0.1, -0.05) is 25.3 Å². The minimum atomic E-state index is -0.701. The van der Waals surface area contributed by atoms with Crippen molar-refractivity contribution < 1.29 is 9.90 Å². The number of carboxylic acids is 1. The lowest BCUT2D eigenvalue weighted by Gasteiger charge is -2.28. The second-order valence-corrected chi connectivity index (χ2v) is 5.71. The third-order valence-corrected chi connectivity index (χ3v) is 4.34. The lowest BCUT2D eigenvalue weighted by molar-refractivity contribution is -0.141. The van der Waals surface area contributed by atoms with Crippen LogP contribution in [-0.2, 0) is 11.3 Å². The van der Waals surface area contributed by atoms with Crippen molar-refractivity contribution in [2.45, 2.75) is 44.7 Å². The molecule has 1 heterocycles. The molecule has 4 heteroatoms. The Morgan fingerprint density at radius 3 is 2.82 bits per heavy atom. The zero-order chi connectivity index (χ0) is 12.1. The number of aliphatic carboxylic acids is 1. The number of carboxylic acid groups (broad SMARTS) is 1. The Labute approximate surface area is 106 Å². The van der Waals surface area contributed by atoms with Gasteiger partial charge in [-0.3, -0.25) is 10.1 Å². The summed E-state index contributed by atoms with van der Waals surface area (Å²) >= 11 is 1.67. The van der Waals surface area contributed by atoms with Crippen LogP contribution in [0.2, 0.25) is 0 Å². The SMILES string of the molecule is O=C(O)C(NCc1cccs1)C1CCCCC1. The molecule has 0 radical (unpaired) electrons. The quantitative estimate of drug-likeness (QED) is 0.848. The fourth-order valence-corrected chi connectivity index (χ4v) is 3.20. The minimum Gasteiger partial charge on any atom is -0.480 e. The average Bonchev–Trinajstić information content (AvgIpc) is 2.83. The molecule has 94 valence electrons. The summed E-state index contributed by atoms with van der Waals surface area (Å²) in [6, 6.07) is 3.66. The zero-order valence-electron chi connectivity index (χ0n) is 9.89. The Morgan fingerprint density at radius 1 is 1.47 bits per heavy atom. The van der Waals surface area contributed by atoms with E-state index in [2.05, 4.69) is 5.32 Å². The fourth-order valence-electron chi connectivity index (χ4n) is 2.55. The zero-order valence-corrected chi connectivity index (χ0v) is 10.7. The van der Waals surface area contributed by atoms with Gasteiger partial charge < -0.3 is 5.11 Å². The summed E-state index contributed by atoms with van der Waals surface area (Å²) in [7, 11) is 0. The van der Waals surface area contributed by atoms with E-state index in [1.165, 1.54) is 24.1 Å². The highest BCUT2D eigenvalue weighted by Crippen LogP contribution is 2.27. The number of hydrogen-bond acceptors (Lipinski definition) is 3. The Kier molecular flexibility index (Phi) is 4.57. The molecular weight excluding hydrogens is 234 g/mol. The van der Waals surface area contributed by atoms with Crippen LogP contribution in [0, 0.1) is 5.92 Å². The van der Waals surface area contributed by atoms with Crippen LogP contribution in [0.4, 0.5) is 0 Å². The molecule has 0 aromatic carbocycles. The third kappa shape index (κ3) is 3.54. The van der Waals surface area contributed by atoms with E-state index in [0.29, 0.717) is 12.5 Å². The van der Waals surface area contributed by atoms with Crippen molar-refractivity contribution in [1.29, 1.82) is 0 Å². The van der Waals surface area contributed by atoms with Crippen molar-refractivity contribution in [1.82, 2.24) is 5.32 Å². The molecule has 1 aliphatic carbocycles. The van der Waals surface area contributed by atoms with Crippen molar-refractivity contribution in [3.8, 4) is 0 Å². The van der Waals surface area contributed by atoms with E-state index in [9.17, 15) is 9.90 Å². The molecule has 1 saturated carbocycles. The van der Waals surface area contributed by atoms with E-state index >= 15 is 0 Å². The number of thiophene rings is 1. The van der Waals surface area contributed by atoms with Crippen molar-refractivity contribution in [3.05, 3.63) is 22.4 Å². The predicted molar refractivity (Wildman–Crippen MR) is 69.2 cm³/mol. The summed E-state index contributed by atoms with van der Waals surface area (Å²) in [5, 5.41) is 14.5. The first-order valence-electron chi connectivity index (χ1n) is 6.26. The van der Waals surface area contributed by atoms with Crippen LogP contribution >= 0.6 is 11.3 Å². The minimum absolute atomic E-state index is 0.307. The number of rotatable bonds is 5. The second-order valence-electron chi connectivity index (χ2n) is 4.67. The molecule has 1 fully saturated rings. The Hall–Kier alpha value is -0.870. The van der Waals surface area contributed by atoms with Crippen molar-refractivity contribution in [2.24, 2.45) is 5.92 Å². The summed E-state index contributed by atoms with van der Waals surface area (Å²) in [6.07, 6.45) is 5.71. The molecule has 1 atom stereocenters. The summed E-state index contributed by atoms with van der Waals surface area (Å²) in [5.74, 6) is -0.394. The van der Waals surface area contributed by atoms with Gasteiger partial charge in [0, 0.05) is 11.4 Å². The smallest absolute Gasteiger partial charge is 0.320 e. The molecule has 0 bridgehead atoms. The van der Waals surface area contributed by atoms with Gasteiger partial charge in [0.1, 0.15) is 6.04 Å². The molecule has 0 spiro atoms. The van der Waals surface area contributed by atoms with Gasteiger partial charge >= 0.3 is 5.97 Å². The number of carbonyl (C=O) groups is 1. The molecule has 2 rings (SSSR count). The van der Waals surface area contributed by atoms with Crippen LogP contribution in [0.5, 0.6) is 0 Å². The van der Waals surface area contributed by atoms with E-state index in [-0.39, 0.29) is 6.04 Å². The molecule has 3 nitrogen and oxygen atoms in total. The van der Waals surface area contributed by atoms with E-state index in [1.54, 1.807) is 11.3 Å². The highest BCUT2D eigenvalue weighted by atomic mass is 32.1. The lowest BCUT2D eigenvalue weighted by atomic mass is 9.84. The first-order chi connectivity index (χ1) is 8.27.